The molecule has 22 heavy (non-hydrogen) atoms. The number of hydrogen-bond donors (Lipinski definition) is 0. The summed E-state index contributed by atoms with van der Waals surface area (Å²) in [6, 6.07) is 0. The fourth-order valence-corrected chi connectivity index (χ4v) is 2.60. The third kappa shape index (κ3) is 5.18. The first-order chi connectivity index (χ1) is 9.88. The molecule has 0 bridgehead atoms. The molecular weight excluding hydrogens is 282 g/mol. The van der Waals surface area contributed by atoms with Crippen LogP contribution in [0, 0.1) is 5.41 Å². The van der Waals surface area contributed by atoms with E-state index in [1.165, 1.54) is 0 Å². The largest absolute Gasteiger partial charge is 0.459 e. The molecule has 0 spiro atoms. The second kappa shape index (κ2) is 6.47. The van der Waals surface area contributed by atoms with E-state index in [-0.39, 0.29) is 12.1 Å². The lowest BCUT2D eigenvalue weighted by Gasteiger charge is -2.41. The van der Waals surface area contributed by atoms with Crippen LogP contribution in [0.15, 0.2) is 0 Å². The van der Waals surface area contributed by atoms with Gasteiger partial charge in [-0.3, -0.25) is 4.79 Å². The molecule has 1 atom stereocenters. The molecule has 1 saturated heterocycles. The Kier molecular flexibility index (Phi) is 5.52. The molecule has 0 aromatic rings. The normalized spacial score (nSPS) is 23.1. The van der Waals surface area contributed by atoms with E-state index >= 15 is 0 Å². The van der Waals surface area contributed by atoms with Crippen LogP contribution in [0.4, 0.5) is 4.79 Å². The van der Waals surface area contributed by atoms with Crippen molar-refractivity contribution in [2.45, 2.75) is 78.9 Å². The van der Waals surface area contributed by atoms with Gasteiger partial charge in [0.15, 0.2) is 0 Å². The average Bonchev–Trinajstić information content (AvgIpc) is 2.34. The standard InChI is InChI=1S/C17H31NO4/c1-8-17(13(19)21-15(2,3)4)10-9-11-18(12-17)14(20)22-16(5,6)7/h8-12H2,1-7H3. The second-order valence-corrected chi connectivity index (χ2v) is 8.14. The maximum atomic E-state index is 12.6. The third-order valence-electron chi connectivity index (χ3n) is 3.74. The van der Waals surface area contributed by atoms with Gasteiger partial charge in [0.2, 0.25) is 0 Å². The highest BCUT2D eigenvalue weighted by Gasteiger charge is 2.45. The molecule has 0 radical (unpaired) electrons. The Hall–Kier alpha value is -1.26. The topological polar surface area (TPSA) is 55.8 Å². The molecule has 0 aromatic heterocycles. The van der Waals surface area contributed by atoms with Gasteiger partial charge in [-0.25, -0.2) is 4.79 Å². The fraction of sp³-hybridized carbons (Fsp3) is 0.882. The van der Waals surface area contributed by atoms with Gasteiger partial charge in [0.05, 0.1) is 5.41 Å². The number of piperidine rings is 1. The fourth-order valence-electron chi connectivity index (χ4n) is 2.60. The Balaban J connectivity index is 2.85. The van der Waals surface area contributed by atoms with E-state index in [0.717, 1.165) is 12.8 Å². The summed E-state index contributed by atoms with van der Waals surface area (Å²) in [6.45, 7) is 14.1. The van der Waals surface area contributed by atoms with Crippen molar-refractivity contribution in [2.75, 3.05) is 13.1 Å². The van der Waals surface area contributed by atoms with Crippen LogP contribution >= 0.6 is 0 Å². The van der Waals surface area contributed by atoms with Gasteiger partial charge in [0, 0.05) is 13.1 Å². The highest BCUT2D eigenvalue weighted by Crippen LogP contribution is 2.36. The number of hydrogen-bond acceptors (Lipinski definition) is 4. The van der Waals surface area contributed by atoms with Gasteiger partial charge in [0.1, 0.15) is 11.2 Å². The van der Waals surface area contributed by atoms with E-state index in [1.54, 1.807) is 4.90 Å². The third-order valence-corrected chi connectivity index (χ3v) is 3.74. The van der Waals surface area contributed by atoms with Crippen LogP contribution in [-0.2, 0) is 14.3 Å². The number of nitrogens with zero attached hydrogens (tertiary/aromatic N) is 1. The zero-order valence-electron chi connectivity index (χ0n) is 15.1. The summed E-state index contributed by atoms with van der Waals surface area (Å²) in [5.41, 5.74) is -1.68. The quantitative estimate of drug-likeness (QED) is 0.728. The second-order valence-electron chi connectivity index (χ2n) is 8.14. The van der Waals surface area contributed by atoms with Crippen molar-refractivity contribution in [1.82, 2.24) is 4.90 Å². The predicted molar refractivity (Wildman–Crippen MR) is 85.6 cm³/mol. The van der Waals surface area contributed by atoms with Crippen LogP contribution < -0.4 is 0 Å². The van der Waals surface area contributed by atoms with E-state index in [4.69, 9.17) is 9.47 Å². The average molecular weight is 313 g/mol. The number of ether oxygens (including phenoxy) is 2. The molecule has 128 valence electrons. The summed E-state index contributed by atoms with van der Waals surface area (Å²) in [4.78, 5) is 26.5. The van der Waals surface area contributed by atoms with Gasteiger partial charge in [0.25, 0.3) is 0 Å². The van der Waals surface area contributed by atoms with Gasteiger partial charge in [-0.2, -0.15) is 0 Å². The van der Waals surface area contributed by atoms with Crippen LogP contribution in [0.25, 0.3) is 0 Å². The molecule has 5 heteroatoms. The van der Waals surface area contributed by atoms with Crippen molar-refractivity contribution in [3.8, 4) is 0 Å². The molecule has 1 rings (SSSR count). The molecule has 0 saturated carbocycles. The Labute approximate surface area is 134 Å². The van der Waals surface area contributed by atoms with Gasteiger partial charge in [-0.05, 0) is 60.8 Å². The smallest absolute Gasteiger partial charge is 0.410 e. The number of rotatable bonds is 2. The van der Waals surface area contributed by atoms with Crippen LogP contribution in [-0.4, -0.2) is 41.3 Å². The van der Waals surface area contributed by atoms with E-state index < -0.39 is 16.6 Å². The van der Waals surface area contributed by atoms with Gasteiger partial charge < -0.3 is 14.4 Å². The van der Waals surface area contributed by atoms with E-state index in [1.807, 2.05) is 48.5 Å². The number of carbonyl (C=O) groups is 2. The van der Waals surface area contributed by atoms with Crippen LogP contribution in [0.5, 0.6) is 0 Å². The monoisotopic (exact) mass is 313 g/mol. The number of esters is 1. The Bertz CT molecular complexity index is 419. The summed E-state index contributed by atoms with van der Waals surface area (Å²) in [5, 5.41) is 0. The zero-order chi connectivity index (χ0) is 17.2. The van der Waals surface area contributed by atoms with Crippen molar-refractivity contribution in [3.05, 3.63) is 0 Å². The van der Waals surface area contributed by atoms with Gasteiger partial charge >= 0.3 is 12.1 Å². The summed E-state index contributed by atoms with van der Waals surface area (Å²) in [5.74, 6) is -0.212. The molecule has 1 unspecified atom stereocenters. The molecule has 5 nitrogen and oxygen atoms in total. The number of likely N-dealkylation sites (tertiary alicyclic amines) is 1. The van der Waals surface area contributed by atoms with Crippen LogP contribution in [0.1, 0.15) is 67.7 Å². The molecule has 0 N–H and O–H groups in total. The molecule has 1 fully saturated rings. The Morgan fingerprint density at radius 1 is 1.05 bits per heavy atom. The summed E-state index contributed by atoms with van der Waals surface area (Å²) < 4.78 is 11.0. The number of carbonyl (C=O) groups excluding carboxylic acids is 2. The minimum Gasteiger partial charge on any atom is -0.459 e. The van der Waals surface area contributed by atoms with Crippen molar-refractivity contribution in [2.24, 2.45) is 5.41 Å². The molecule has 1 heterocycles. The summed E-state index contributed by atoms with van der Waals surface area (Å²) >= 11 is 0. The lowest BCUT2D eigenvalue weighted by molar-refractivity contribution is -0.171. The molecule has 1 aliphatic rings. The minimum atomic E-state index is -0.623. The predicted octanol–water partition coefficient (Wildman–Crippen LogP) is 3.76. The Morgan fingerprint density at radius 3 is 2.05 bits per heavy atom. The van der Waals surface area contributed by atoms with Gasteiger partial charge in [-0.15, -0.1) is 0 Å². The van der Waals surface area contributed by atoms with Crippen molar-refractivity contribution < 1.29 is 19.1 Å². The van der Waals surface area contributed by atoms with E-state index in [9.17, 15) is 9.59 Å². The van der Waals surface area contributed by atoms with Gasteiger partial charge in [-0.1, -0.05) is 6.92 Å². The van der Waals surface area contributed by atoms with Crippen molar-refractivity contribution >= 4 is 12.1 Å². The minimum absolute atomic E-state index is 0.212. The van der Waals surface area contributed by atoms with E-state index in [0.29, 0.717) is 19.5 Å². The van der Waals surface area contributed by atoms with Crippen molar-refractivity contribution in [3.63, 3.8) is 0 Å². The first kappa shape index (κ1) is 18.8. The lowest BCUT2D eigenvalue weighted by atomic mass is 9.77. The first-order valence-electron chi connectivity index (χ1n) is 8.10. The molecular formula is C17H31NO4. The maximum absolute atomic E-state index is 12.6. The van der Waals surface area contributed by atoms with Crippen molar-refractivity contribution in [1.29, 1.82) is 0 Å². The molecule has 1 amide bonds. The zero-order valence-corrected chi connectivity index (χ0v) is 15.1. The molecule has 0 aliphatic carbocycles. The number of amides is 1. The van der Waals surface area contributed by atoms with Crippen LogP contribution in [0.2, 0.25) is 0 Å². The maximum Gasteiger partial charge on any atom is 0.410 e. The first-order valence-corrected chi connectivity index (χ1v) is 8.10. The van der Waals surface area contributed by atoms with Crippen LogP contribution in [0.3, 0.4) is 0 Å². The summed E-state index contributed by atoms with van der Waals surface area (Å²) in [6.07, 6.45) is 1.83. The Morgan fingerprint density at radius 2 is 1.59 bits per heavy atom. The molecule has 1 aliphatic heterocycles. The molecule has 0 aromatic carbocycles. The SMILES string of the molecule is CCC1(C(=O)OC(C)(C)C)CCCN(C(=O)OC(C)(C)C)C1. The highest BCUT2D eigenvalue weighted by atomic mass is 16.6. The summed E-state index contributed by atoms with van der Waals surface area (Å²) in [7, 11) is 0. The highest BCUT2D eigenvalue weighted by molar-refractivity contribution is 5.79. The van der Waals surface area contributed by atoms with E-state index in [2.05, 4.69) is 0 Å². The lowest BCUT2D eigenvalue weighted by Crippen LogP contribution is -2.52.